The highest BCUT2D eigenvalue weighted by Crippen LogP contribution is 2.20. The zero-order valence-electron chi connectivity index (χ0n) is 15.4. The molecule has 0 bridgehead atoms. The molecule has 5 nitrogen and oxygen atoms in total. The summed E-state index contributed by atoms with van der Waals surface area (Å²) in [5, 5.41) is 6.81. The molecule has 2 fully saturated rings. The van der Waals surface area contributed by atoms with Crippen molar-refractivity contribution >= 4 is 5.96 Å². The van der Waals surface area contributed by atoms with Gasteiger partial charge in [0.15, 0.2) is 5.96 Å². The molecule has 2 saturated heterocycles. The predicted molar refractivity (Wildman–Crippen MR) is 103 cm³/mol. The van der Waals surface area contributed by atoms with Crippen molar-refractivity contribution in [3.63, 3.8) is 0 Å². The molecule has 5 heteroatoms. The van der Waals surface area contributed by atoms with E-state index < -0.39 is 0 Å². The molecule has 3 rings (SSSR count). The Morgan fingerprint density at radius 3 is 2.84 bits per heavy atom. The van der Waals surface area contributed by atoms with E-state index in [0.29, 0.717) is 12.1 Å². The summed E-state index contributed by atoms with van der Waals surface area (Å²) < 4.78 is 5.69. The van der Waals surface area contributed by atoms with Gasteiger partial charge in [0.1, 0.15) is 0 Å². The highest BCUT2D eigenvalue weighted by atomic mass is 16.5. The molecule has 2 aliphatic rings. The van der Waals surface area contributed by atoms with Crippen LogP contribution >= 0.6 is 0 Å². The summed E-state index contributed by atoms with van der Waals surface area (Å²) >= 11 is 0. The average Bonchev–Trinajstić information content (AvgIpc) is 3.30. The Kier molecular flexibility index (Phi) is 7.12. The maximum absolute atomic E-state index is 5.69. The van der Waals surface area contributed by atoms with Crippen LogP contribution in [0.1, 0.15) is 38.2 Å². The zero-order chi connectivity index (χ0) is 17.3. The van der Waals surface area contributed by atoms with Crippen LogP contribution in [0.25, 0.3) is 0 Å². The minimum atomic E-state index is 0.338. The van der Waals surface area contributed by atoms with Crippen molar-refractivity contribution in [3.8, 4) is 0 Å². The summed E-state index contributed by atoms with van der Waals surface area (Å²) in [5.74, 6) is 0.921. The van der Waals surface area contributed by atoms with E-state index in [4.69, 9.17) is 9.73 Å². The van der Waals surface area contributed by atoms with Gasteiger partial charge >= 0.3 is 0 Å². The molecule has 1 aromatic rings. The number of ether oxygens (including phenoxy) is 1. The van der Waals surface area contributed by atoms with Crippen LogP contribution in [0.5, 0.6) is 0 Å². The predicted octanol–water partition coefficient (Wildman–Crippen LogP) is 2.39. The lowest BCUT2D eigenvalue weighted by Crippen LogP contribution is -2.42. The summed E-state index contributed by atoms with van der Waals surface area (Å²) in [4.78, 5) is 7.42. The summed E-state index contributed by atoms with van der Waals surface area (Å²) in [6.07, 6.45) is 5.18. The van der Waals surface area contributed by atoms with Crippen molar-refractivity contribution in [2.24, 2.45) is 4.99 Å². The Morgan fingerprint density at radius 1 is 1.20 bits per heavy atom. The van der Waals surface area contributed by atoms with Gasteiger partial charge < -0.3 is 15.4 Å². The van der Waals surface area contributed by atoms with Crippen molar-refractivity contribution in [1.82, 2.24) is 15.5 Å². The number of likely N-dealkylation sites (tertiary alicyclic amines) is 1. The largest absolute Gasteiger partial charge is 0.376 e. The molecule has 2 unspecified atom stereocenters. The van der Waals surface area contributed by atoms with Crippen molar-refractivity contribution in [2.45, 2.75) is 51.3 Å². The Hall–Kier alpha value is -1.59. The number of hydrogen-bond donors (Lipinski definition) is 2. The third kappa shape index (κ3) is 5.72. The maximum Gasteiger partial charge on any atom is 0.191 e. The van der Waals surface area contributed by atoms with Gasteiger partial charge in [0.25, 0.3) is 0 Å². The molecule has 2 N–H and O–H groups in total. The van der Waals surface area contributed by atoms with Gasteiger partial charge in [-0.1, -0.05) is 30.3 Å². The second kappa shape index (κ2) is 9.78. The summed E-state index contributed by atoms with van der Waals surface area (Å²) in [5.41, 5.74) is 1.39. The van der Waals surface area contributed by atoms with Crippen LogP contribution in [0.4, 0.5) is 0 Å². The molecular formula is C20H32N4O. The van der Waals surface area contributed by atoms with E-state index in [1.807, 2.05) is 0 Å². The topological polar surface area (TPSA) is 48.9 Å². The smallest absolute Gasteiger partial charge is 0.191 e. The third-order valence-electron chi connectivity index (χ3n) is 5.05. The minimum Gasteiger partial charge on any atom is -0.376 e. The van der Waals surface area contributed by atoms with Gasteiger partial charge in [-0.3, -0.25) is 9.89 Å². The normalized spacial score (nSPS) is 24.6. The molecule has 2 aliphatic heterocycles. The lowest BCUT2D eigenvalue weighted by molar-refractivity contribution is 0.114. The molecular weight excluding hydrogens is 312 g/mol. The number of hydrogen-bond acceptors (Lipinski definition) is 3. The van der Waals surface area contributed by atoms with Gasteiger partial charge in [-0.05, 0) is 44.7 Å². The monoisotopic (exact) mass is 344 g/mol. The number of rotatable bonds is 7. The van der Waals surface area contributed by atoms with E-state index in [0.717, 1.165) is 45.2 Å². The van der Waals surface area contributed by atoms with E-state index in [9.17, 15) is 0 Å². The van der Waals surface area contributed by atoms with Crippen LogP contribution in [0.3, 0.4) is 0 Å². The molecule has 0 aliphatic carbocycles. The standard InChI is InChI=1S/C20H32N4O/c1-2-21-20(23-15-19-11-7-13-25-19)22-14-18-10-6-12-24(18)16-17-8-4-3-5-9-17/h3-5,8-9,18-19H,2,6-7,10-16H2,1H3,(H2,21,22,23). The van der Waals surface area contributed by atoms with Gasteiger partial charge in [0.2, 0.25) is 0 Å². The van der Waals surface area contributed by atoms with E-state index >= 15 is 0 Å². The first-order valence-corrected chi connectivity index (χ1v) is 9.77. The van der Waals surface area contributed by atoms with Crippen LogP contribution < -0.4 is 10.6 Å². The van der Waals surface area contributed by atoms with Crippen LogP contribution in [0.2, 0.25) is 0 Å². The van der Waals surface area contributed by atoms with Crippen molar-refractivity contribution < 1.29 is 4.74 Å². The highest BCUT2D eigenvalue weighted by Gasteiger charge is 2.24. The van der Waals surface area contributed by atoms with Crippen LogP contribution in [-0.4, -0.2) is 55.8 Å². The Balaban J connectivity index is 1.51. The number of aliphatic imine (C=N–C) groups is 1. The first-order chi connectivity index (χ1) is 12.3. The molecule has 0 aromatic heterocycles. The van der Waals surface area contributed by atoms with E-state index in [2.05, 4.69) is 52.8 Å². The fraction of sp³-hybridized carbons (Fsp3) is 0.650. The van der Waals surface area contributed by atoms with Crippen molar-refractivity contribution in [1.29, 1.82) is 0 Å². The second-order valence-corrected chi connectivity index (χ2v) is 6.99. The van der Waals surface area contributed by atoms with Crippen molar-refractivity contribution in [3.05, 3.63) is 35.9 Å². The van der Waals surface area contributed by atoms with Crippen LogP contribution in [0.15, 0.2) is 35.3 Å². The van der Waals surface area contributed by atoms with Gasteiger partial charge in [-0.25, -0.2) is 0 Å². The van der Waals surface area contributed by atoms with Crippen LogP contribution in [-0.2, 0) is 11.3 Å². The summed E-state index contributed by atoms with van der Waals surface area (Å²) in [7, 11) is 0. The minimum absolute atomic E-state index is 0.338. The average molecular weight is 345 g/mol. The summed E-state index contributed by atoms with van der Waals surface area (Å²) in [6, 6.07) is 11.3. The van der Waals surface area contributed by atoms with Gasteiger partial charge in [-0.2, -0.15) is 0 Å². The molecule has 2 heterocycles. The van der Waals surface area contributed by atoms with Gasteiger partial charge in [-0.15, -0.1) is 0 Å². The lowest BCUT2D eigenvalue weighted by atomic mass is 10.2. The molecule has 25 heavy (non-hydrogen) atoms. The molecule has 2 atom stereocenters. The Morgan fingerprint density at radius 2 is 2.08 bits per heavy atom. The second-order valence-electron chi connectivity index (χ2n) is 6.99. The fourth-order valence-corrected chi connectivity index (χ4v) is 3.68. The number of guanidine groups is 1. The number of benzene rings is 1. The number of nitrogens with one attached hydrogen (secondary N) is 2. The molecule has 0 saturated carbocycles. The maximum atomic E-state index is 5.69. The molecule has 0 spiro atoms. The first kappa shape index (κ1) is 18.2. The SMILES string of the molecule is CCNC(=NCC1CCCN1Cc1ccccc1)NCC1CCCO1. The first-order valence-electron chi connectivity index (χ1n) is 9.77. The van der Waals surface area contributed by atoms with Crippen molar-refractivity contribution in [2.75, 3.05) is 32.8 Å². The van der Waals surface area contributed by atoms with E-state index in [-0.39, 0.29) is 0 Å². The van der Waals surface area contributed by atoms with E-state index in [1.165, 1.54) is 31.4 Å². The quantitative estimate of drug-likeness (QED) is 0.589. The molecule has 0 radical (unpaired) electrons. The third-order valence-corrected chi connectivity index (χ3v) is 5.05. The Labute approximate surface area is 151 Å². The number of nitrogens with zero attached hydrogens (tertiary/aromatic N) is 2. The van der Waals surface area contributed by atoms with Crippen LogP contribution in [0, 0.1) is 0 Å². The highest BCUT2D eigenvalue weighted by molar-refractivity contribution is 5.79. The lowest BCUT2D eigenvalue weighted by Gasteiger charge is -2.24. The Bertz CT molecular complexity index is 528. The molecule has 1 aromatic carbocycles. The van der Waals surface area contributed by atoms with Gasteiger partial charge in [0, 0.05) is 32.3 Å². The van der Waals surface area contributed by atoms with E-state index in [1.54, 1.807) is 0 Å². The molecule has 0 amide bonds. The summed E-state index contributed by atoms with van der Waals surface area (Å²) in [6.45, 7) is 7.81. The fourth-order valence-electron chi connectivity index (χ4n) is 3.68. The zero-order valence-corrected chi connectivity index (χ0v) is 15.4. The molecule has 138 valence electrons. The van der Waals surface area contributed by atoms with Gasteiger partial charge in [0.05, 0.1) is 12.6 Å².